The van der Waals surface area contributed by atoms with Crippen molar-refractivity contribution < 1.29 is 24.5 Å². The molecule has 0 aliphatic heterocycles. The Bertz CT molecular complexity index is 1230. The predicted octanol–water partition coefficient (Wildman–Crippen LogP) is 21.9. The van der Waals surface area contributed by atoms with Crippen molar-refractivity contribution in [2.24, 2.45) is 0 Å². The van der Waals surface area contributed by atoms with E-state index in [-0.39, 0.29) is 18.5 Å². The molecule has 76 heavy (non-hydrogen) atoms. The van der Waals surface area contributed by atoms with Crippen LogP contribution in [-0.4, -0.2) is 47.4 Å². The molecule has 0 rings (SSSR count). The zero-order valence-electron chi connectivity index (χ0n) is 51.3. The van der Waals surface area contributed by atoms with Gasteiger partial charge in [-0.15, -0.1) is 0 Å². The Morgan fingerprint density at radius 3 is 1.04 bits per heavy atom. The molecule has 0 aliphatic carbocycles. The van der Waals surface area contributed by atoms with Gasteiger partial charge < -0.3 is 20.3 Å². The molecule has 0 aliphatic rings. The number of carbonyl (C=O) groups is 2. The molecular weight excluding hydrogens is 935 g/mol. The molecule has 2 unspecified atom stereocenters. The third kappa shape index (κ3) is 61.3. The van der Waals surface area contributed by atoms with Crippen molar-refractivity contribution in [1.29, 1.82) is 0 Å². The van der Waals surface area contributed by atoms with Gasteiger partial charge in [-0.3, -0.25) is 9.59 Å². The molecule has 3 N–H and O–H groups in total. The van der Waals surface area contributed by atoms with Crippen molar-refractivity contribution in [3.63, 3.8) is 0 Å². The molecule has 0 fully saturated rings. The molecule has 0 aromatic carbocycles. The van der Waals surface area contributed by atoms with Crippen LogP contribution < -0.4 is 5.32 Å². The summed E-state index contributed by atoms with van der Waals surface area (Å²) in [4.78, 5) is 24.6. The average molecular weight is 1070 g/mol. The highest BCUT2D eigenvalue weighted by molar-refractivity contribution is 5.76. The summed E-state index contributed by atoms with van der Waals surface area (Å²) < 4.78 is 5.48. The first-order valence-electron chi connectivity index (χ1n) is 34.2. The lowest BCUT2D eigenvalue weighted by Gasteiger charge is -2.22. The summed E-state index contributed by atoms with van der Waals surface area (Å²) in [5.74, 6) is -0.0332. The van der Waals surface area contributed by atoms with Crippen LogP contribution in [0.1, 0.15) is 373 Å². The summed E-state index contributed by atoms with van der Waals surface area (Å²) in [6.07, 6.45) is 83.2. The van der Waals surface area contributed by atoms with E-state index in [4.69, 9.17) is 4.74 Å². The smallest absolute Gasteiger partial charge is 0.305 e. The maximum absolute atomic E-state index is 12.5. The summed E-state index contributed by atoms with van der Waals surface area (Å²) in [5.41, 5.74) is 0. The summed E-state index contributed by atoms with van der Waals surface area (Å²) in [5, 5.41) is 23.4. The van der Waals surface area contributed by atoms with Crippen LogP contribution in [0.25, 0.3) is 0 Å². The van der Waals surface area contributed by atoms with Gasteiger partial charge in [-0.05, 0) is 83.5 Å². The third-order valence-corrected chi connectivity index (χ3v) is 15.9. The van der Waals surface area contributed by atoms with E-state index >= 15 is 0 Å². The standard InChI is InChI=1S/C70H133NO5/c1-3-5-7-9-11-13-15-17-19-20-31-35-38-42-46-50-54-58-62-68(73)67(66-72)71-69(74)63-59-55-51-47-43-39-36-32-29-27-25-23-21-22-24-26-28-30-33-37-41-45-49-53-57-61-65-76-70(75)64-60-56-52-48-44-40-34-18-16-14-12-10-8-6-4-2/h12,14,18,21,23,34,67-68,72-73H,3-11,13,15-17,19-20,22,24-33,35-66H2,1-2H3,(H,71,74)/b14-12-,23-21-,34-18-. The van der Waals surface area contributed by atoms with Crippen molar-refractivity contribution in [2.75, 3.05) is 13.2 Å². The lowest BCUT2D eigenvalue weighted by atomic mass is 10.0. The highest BCUT2D eigenvalue weighted by Gasteiger charge is 2.20. The molecule has 448 valence electrons. The maximum Gasteiger partial charge on any atom is 0.305 e. The second-order valence-electron chi connectivity index (χ2n) is 23.5. The SMILES string of the molecule is CCCCC/C=C\C/C=C\CCCCCCCC(=O)OCCCCCCCCCCCCCC/C=C\CCCCCCCCCCCCC(=O)NC(CO)C(O)CCCCCCCCCCCCCCCCCCCC. The van der Waals surface area contributed by atoms with E-state index in [0.717, 1.165) is 51.4 Å². The molecule has 0 aromatic heterocycles. The Kier molecular flexibility index (Phi) is 63.9. The topological polar surface area (TPSA) is 95.9 Å². The van der Waals surface area contributed by atoms with Crippen molar-refractivity contribution in [2.45, 2.75) is 386 Å². The first-order chi connectivity index (χ1) is 37.5. The average Bonchev–Trinajstić information content (AvgIpc) is 3.42. The van der Waals surface area contributed by atoms with E-state index in [0.29, 0.717) is 25.9 Å². The molecule has 2 atom stereocenters. The highest BCUT2D eigenvalue weighted by Crippen LogP contribution is 2.18. The van der Waals surface area contributed by atoms with E-state index in [2.05, 4.69) is 55.6 Å². The normalized spacial score (nSPS) is 12.7. The van der Waals surface area contributed by atoms with Gasteiger partial charge in [0.05, 0.1) is 25.4 Å². The van der Waals surface area contributed by atoms with Gasteiger partial charge in [0.15, 0.2) is 0 Å². The number of carbonyl (C=O) groups excluding carboxylic acids is 2. The third-order valence-electron chi connectivity index (χ3n) is 15.9. The molecule has 0 aromatic rings. The van der Waals surface area contributed by atoms with Crippen molar-refractivity contribution >= 4 is 11.9 Å². The second-order valence-corrected chi connectivity index (χ2v) is 23.5. The largest absolute Gasteiger partial charge is 0.466 e. The van der Waals surface area contributed by atoms with Crippen LogP contribution in [0.4, 0.5) is 0 Å². The number of allylic oxidation sites excluding steroid dienone is 6. The Labute approximate surface area is 474 Å². The maximum atomic E-state index is 12.5. The van der Waals surface area contributed by atoms with E-state index < -0.39 is 12.1 Å². The van der Waals surface area contributed by atoms with Crippen LogP contribution in [0.15, 0.2) is 36.5 Å². The van der Waals surface area contributed by atoms with Gasteiger partial charge in [-0.2, -0.15) is 0 Å². The minimum Gasteiger partial charge on any atom is -0.466 e. The van der Waals surface area contributed by atoms with Crippen LogP contribution in [-0.2, 0) is 14.3 Å². The molecule has 0 saturated heterocycles. The Hall–Kier alpha value is -1.92. The fourth-order valence-electron chi connectivity index (χ4n) is 10.7. The lowest BCUT2D eigenvalue weighted by molar-refractivity contribution is -0.143. The molecule has 6 heteroatoms. The number of hydrogen-bond donors (Lipinski definition) is 3. The fraction of sp³-hybridized carbons (Fsp3) is 0.886. The van der Waals surface area contributed by atoms with E-state index in [9.17, 15) is 19.8 Å². The van der Waals surface area contributed by atoms with Crippen LogP contribution in [0, 0.1) is 0 Å². The number of aliphatic hydroxyl groups is 2. The minimum absolute atomic E-state index is 0.000663. The zero-order chi connectivity index (χ0) is 55.0. The molecule has 0 radical (unpaired) electrons. The van der Waals surface area contributed by atoms with Gasteiger partial charge in [0.2, 0.25) is 5.91 Å². The number of rotatable bonds is 64. The number of hydrogen-bond acceptors (Lipinski definition) is 5. The molecular formula is C70H133NO5. The van der Waals surface area contributed by atoms with Gasteiger partial charge in [0.1, 0.15) is 0 Å². The van der Waals surface area contributed by atoms with Gasteiger partial charge >= 0.3 is 5.97 Å². The summed E-state index contributed by atoms with van der Waals surface area (Å²) in [6, 6.07) is -0.544. The zero-order valence-corrected chi connectivity index (χ0v) is 51.3. The number of amides is 1. The second kappa shape index (κ2) is 65.6. The van der Waals surface area contributed by atoms with Gasteiger partial charge in [-0.1, -0.05) is 314 Å². The predicted molar refractivity (Wildman–Crippen MR) is 333 cm³/mol. The minimum atomic E-state index is -0.666. The van der Waals surface area contributed by atoms with Crippen molar-refractivity contribution in [3.8, 4) is 0 Å². The van der Waals surface area contributed by atoms with E-state index in [1.807, 2.05) is 0 Å². The molecule has 0 bridgehead atoms. The van der Waals surface area contributed by atoms with Gasteiger partial charge in [0.25, 0.3) is 0 Å². The van der Waals surface area contributed by atoms with Crippen LogP contribution >= 0.6 is 0 Å². The Balaban J connectivity index is 3.39. The first kappa shape index (κ1) is 74.1. The number of unbranched alkanes of at least 4 members (excludes halogenated alkanes) is 47. The fourth-order valence-corrected chi connectivity index (χ4v) is 10.7. The monoisotopic (exact) mass is 1070 g/mol. The Morgan fingerprint density at radius 1 is 0.368 bits per heavy atom. The van der Waals surface area contributed by atoms with Crippen LogP contribution in [0.3, 0.4) is 0 Å². The lowest BCUT2D eigenvalue weighted by Crippen LogP contribution is -2.45. The summed E-state index contributed by atoms with van der Waals surface area (Å²) in [6.45, 7) is 4.95. The van der Waals surface area contributed by atoms with Crippen LogP contribution in [0.2, 0.25) is 0 Å². The van der Waals surface area contributed by atoms with Crippen molar-refractivity contribution in [3.05, 3.63) is 36.5 Å². The number of nitrogens with one attached hydrogen (secondary N) is 1. The number of ether oxygens (including phenoxy) is 1. The number of esters is 1. The number of aliphatic hydroxyl groups excluding tert-OH is 2. The Morgan fingerprint density at radius 2 is 0.658 bits per heavy atom. The summed E-state index contributed by atoms with van der Waals surface area (Å²) in [7, 11) is 0. The molecule has 0 heterocycles. The van der Waals surface area contributed by atoms with E-state index in [1.165, 1.54) is 289 Å². The molecule has 0 spiro atoms. The van der Waals surface area contributed by atoms with E-state index in [1.54, 1.807) is 0 Å². The van der Waals surface area contributed by atoms with Crippen molar-refractivity contribution in [1.82, 2.24) is 5.32 Å². The van der Waals surface area contributed by atoms with Gasteiger partial charge in [-0.25, -0.2) is 0 Å². The van der Waals surface area contributed by atoms with Crippen LogP contribution in [0.5, 0.6) is 0 Å². The van der Waals surface area contributed by atoms with Gasteiger partial charge in [0, 0.05) is 12.8 Å². The first-order valence-corrected chi connectivity index (χ1v) is 34.2. The molecule has 0 saturated carbocycles. The summed E-state index contributed by atoms with van der Waals surface area (Å²) >= 11 is 0. The quantitative estimate of drug-likeness (QED) is 0.0320. The molecule has 1 amide bonds. The molecule has 6 nitrogen and oxygen atoms in total. The highest BCUT2D eigenvalue weighted by atomic mass is 16.5.